The molecule has 110 valence electrons. The van der Waals surface area contributed by atoms with Crippen molar-refractivity contribution in [2.75, 3.05) is 26.9 Å². The Labute approximate surface area is 126 Å². The fourth-order valence-corrected chi connectivity index (χ4v) is 2.56. The van der Waals surface area contributed by atoms with E-state index >= 15 is 0 Å². The van der Waals surface area contributed by atoms with Gasteiger partial charge in [0, 0.05) is 13.0 Å². The molecule has 0 aromatic heterocycles. The van der Waals surface area contributed by atoms with Crippen LogP contribution in [0.5, 0.6) is 11.5 Å². The van der Waals surface area contributed by atoms with Gasteiger partial charge in [-0.2, -0.15) is 0 Å². The summed E-state index contributed by atoms with van der Waals surface area (Å²) in [5, 5.41) is 3.29. The first kappa shape index (κ1) is 15.1. The van der Waals surface area contributed by atoms with E-state index in [9.17, 15) is 4.79 Å². The van der Waals surface area contributed by atoms with Crippen LogP contribution in [0.15, 0.2) is 16.6 Å². The highest BCUT2D eigenvalue weighted by Gasteiger charge is 2.16. The lowest BCUT2D eigenvalue weighted by molar-refractivity contribution is -0.140. The molecule has 5 nitrogen and oxygen atoms in total. The summed E-state index contributed by atoms with van der Waals surface area (Å²) >= 11 is 3.49. The van der Waals surface area contributed by atoms with Gasteiger partial charge in [0.15, 0.2) is 11.5 Å². The lowest BCUT2D eigenvalue weighted by Gasteiger charge is -2.20. The number of hydrogen-bond acceptors (Lipinski definition) is 5. The minimum absolute atomic E-state index is 0.172. The Morgan fingerprint density at radius 3 is 3.00 bits per heavy atom. The van der Waals surface area contributed by atoms with Crippen LogP contribution in [-0.4, -0.2) is 32.8 Å². The van der Waals surface area contributed by atoms with Crippen molar-refractivity contribution in [3.8, 4) is 11.5 Å². The van der Waals surface area contributed by atoms with E-state index in [1.165, 1.54) is 7.11 Å². The maximum absolute atomic E-state index is 11.0. The van der Waals surface area contributed by atoms with Gasteiger partial charge >= 0.3 is 5.97 Å². The quantitative estimate of drug-likeness (QED) is 0.634. The van der Waals surface area contributed by atoms with Crippen molar-refractivity contribution >= 4 is 21.9 Å². The molecule has 1 N–H and O–H groups in total. The fraction of sp³-hybridized carbons (Fsp3) is 0.500. The minimum Gasteiger partial charge on any atom is -0.486 e. The Bertz CT molecular complexity index is 478. The zero-order valence-corrected chi connectivity index (χ0v) is 13.0. The van der Waals surface area contributed by atoms with E-state index in [1.54, 1.807) is 0 Å². The van der Waals surface area contributed by atoms with Gasteiger partial charge in [-0.05, 0) is 46.6 Å². The van der Waals surface area contributed by atoms with Gasteiger partial charge in [-0.15, -0.1) is 0 Å². The molecule has 6 heteroatoms. The van der Waals surface area contributed by atoms with Crippen LogP contribution in [0.2, 0.25) is 0 Å². The number of nitrogens with one attached hydrogen (secondary N) is 1. The number of benzene rings is 1. The SMILES string of the molecule is COC(=O)CCCNCc1cc(Br)c2c(c1)OCCO2. The molecule has 1 heterocycles. The Balaban J connectivity index is 1.81. The van der Waals surface area contributed by atoms with Gasteiger partial charge in [0.05, 0.1) is 11.6 Å². The van der Waals surface area contributed by atoms with Crippen LogP contribution in [0, 0.1) is 0 Å². The van der Waals surface area contributed by atoms with Crippen LogP contribution in [-0.2, 0) is 16.1 Å². The summed E-state index contributed by atoms with van der Waals surface area (Å²) in [7, 11) is 1.41. The molecule has 2 rings (SSSR count). The highest BCUT2D eigenvalue weighted by Crippen LogP contribution is 2.38. The lowest BCUT2D eigenvalue weighted by atomic mass is 10.2. The van der Waals surface area contributed by atoms with Crippen molar-refractivity contribution in [2.24, 2.45) is 0 Å². The highest BCUT2D eigenvalue weighted by atomic mass is 79.9. The summed E-state index contributed by atoms with van der Waals surface area (Å²) < 4.78 is 16.6. The smallest absolute Gasteiger partial charge is 0.305 e. The Morgan fingerprint density at radius 1 is 1.40 bits per heavy atom. The van der Waals surface area contributed by atoms with Crippen LogP contribution in [0.4, 0.5) is 0 Å². The second-order valence-corrected chi connectivity index (χ2v) is 5.31. The number of rotatable bonds is 6. The van der Waals surface area contributed by atoms with Crippen LogP contribution < -0.4 is 14.8 Å². The number of ether oxygens (including phenoxy) is 3. The summed E-state index contributed by atoms with van der Waals surface area (Å²) in [6.45, 7) is 2.64. The maximum atomic E-state index is 11.0. The number of carbonyl (C=O) groups is 1. The fourth-order valence-electron chi connectivity index (χ4n) is 1.96. The predicted octanol–water partition coefficient (Wildman–Crippen LogP) is 2.26. The van der Waals surface area contributed by atoms with E-state index in [-0.39, 0.29) is 5.97 Å². The molecule has 1 aliphatic heterocycles. The van der Waals surface area contributed by atoms with Crippen molar-refractivity contribution in [1.82, 2.24) is 5.32 Å². The summed E-state index contributed by atoms with van der Waals surface area (Å²) in [4.78, 5) is 11.0. The molecule has 0 atom stereocenters. The lowest BCUT2D eigenvalue weighted by Crippen LogP contribution is -2.18. The highest BCUT2D eigenvalue weighted by molar-refractivity contribution is 9.10. The molecular formula is C14H18BrNO4. The molecule has 1 aromatic carbocycles. The molecule has 0 spiro atoms. The largest absolute Gasteiger partial charge is 0.486 e. The minimum atomic E-state index is -0.172. The second-order valence-electron chi connectivity index (χ2n) is 4.46. The van der Waals surface area contributed by atoms with Crippen molar-refractivity contribution in [1.29, 1.82) is 0 Å². The molecular weight excluding hydrogens is 326 g/mol. The molecule has 0 saturated heterocycles. The number of methoxy groups -OCH3 is 1. The molecule has 1 aromatic rings. The molecule has 0 saturated carbocycles. The molecule has 0 radical (unpaired) electrons. The van der Waals surface area contributed by atoms with E-state index in [4.69, 9.17) is 9.47 Å². The third-order valence-electron chi connectivity index (χ3n) is 2.95. The molecule has 0 amide bonds. The molecule has 0 aliphatic carbocycles. The molecule has 20 heavy (non-hydrogen) atoms. The first-order valence-corrected chi connectivity index (χ1v) is 7.35. The molecule has 0 unspecified atom stereocenters. The molecule has 0 fully saturated rings. The molecule has 0 bridgehead atoms. The second kappa shape index (κ2) is 7.50. The van der Waals surface area contributed by atoms with Crippen LogP contribution in [0.1, 0.15) is 18.4 Å². The van der Waals surface area contributed by atoms with Gasteiger partial charge in [0.1, 0.15) is 13.2 Å². The van der Waals surface area contributed by atoms with Crippen molar-refractivity contribution in [2.45, 2.75) is 19.4 Å². The summed E-state index contributed by atoms with van der Waals surface area (Å²) in [6.07, 6.45) is 1.20. The third-order valence-corrected chi connectivity index (χ3v) is 3.54. The zero-order chi connectivity index (χ0) is 14.4. The van der Waals surface area contributed by atoms with Gasteiger partial charge in [-0.1, -0.05) is 0 Å². The number of hydrogen-bond donors (Lipinski definition) is 1. The number of fused-ring (bicyclic) bond motifs is 1. The third kappa shape index (κ3) is 4.11. The van der Waals surface area contributed by atoms with E-state index in [1.807, 2.05) is 12.1 Å². The maximum Gasteiger partial charge on any atom is 0.305 e. The predicted molar refractivity (Wildman–Crippen MR) is 78.1 cm³/mol. The van der Waals surface area contributed by atoms with Crippen LogP contribution in [0.3, 0.4) is 0 Å². The van der Waals surface area contributed by atoms with Crippen LogP contribution in [0.25, 0.3) is 0 Å². The topological polar surface area (TPSA) is 56.8 Å². The van der Waals surface area contributed by atoms with E-state index in [2.05, 4.69) is 26.0 Å². The Morgan fingerprint density at radius 2 is 2.20 bits per heavy atom. The first-order chi connectivity index (χ1) is 9.70. The summed E-state index contributed by atoms with van der Waals surface area (Å²) in [5.74, 6) is 1.37. The average Bonchev–Trinajstić information content (AvgIpc) is 2.46. The van der Waals surface area contributed by atoms with Crippen molar-refractivity contribution in [3.63, 3.8) is 0 Å². The normalized spacial score (nSPS) is 13.1. The van der Waals surface area contributed by atoms with Crippen molar-refractivity contribution < 1.29 is 19.0 Å². The van der Waals surface area contributed by atoms with E-state index in [0.29, 0.717) is 19.6 Å². The monoisotopic (exact) mass is 343 g/mol. The van der Waals surface area contributed by atoms with Gasteiger partial charge in [0.2, 0.25) is 0 Å². The van der Waals surface area contributed by atoms with E-state index < -0.39 is 0 Å². The Hall–Kier alpha value is -1.27. The average molecular weight is 344 g/mol. The van der Waals surface area contributed by atoms with Crippen molar-refractivity contribution in [3.05, 3.63) is 22.2 Å². The summed E-state index contributed by atoms with van der Waals surface area (Å²) in [5.41, 5.74) is 1.11. The number of esters is 1. The Kier molecular flexibility index (Phi) is 5.67. The zero-order valence-electron chi connectivity index (χ0n) is 11.4. The van der Waals surface area contributed by atoms with Crippen LogP contribution >= 0.6 is 15.9 Å². The summed E-state index contributed by atoms with van der Waals surface area (Å²) in [6, 6.07) is 3.99. The standard InChI is InChI=1S/C14H18BrNO4/c1-18-13(17)3-2-4-16-9-10-7-11(15)14-12(8-10)19-5-6-20-14/h7-8,16H,2-6,9H2,1H3. The number of halogens is 1. The first-order valence-electron chi connectivity index (χ1n) is 6.56. The van der Waals surface area contributed by atoms with Gasteiger partial charge in [-0.25, -0.2) is 0 Å². The van der Waals surface area contributed by atoms with Gasteiger partial charge < -0.3 is 19.5 Å². The van der Waals surface area contributed by atoms with Gasteiger partial charge in [0.25, 0.3) is 0 Å². The van der Waals surface area contributed by atoms with E-state index in [0.717, 1.165) is 41.0 Å². The number of carbonyl (C=O) groups excluding carboxylic acids is 1. The molecule has 1 aliphatic rings. The van der Waals surface area contributed by atoms with Gasteiger partial charge in [-0.3, -0.25) is 4.79 Å².